The van der Waals surface area contributed by atoms with Gasteiger partial charge in [-0.15, -0.1) is 0 Å². The quantitative estimate of drug-likeness (QED) is 0.499. The summed E-state index contributed by atoms with van der Waals surface area (Å²) in [6, 6.07) is 22.0. The molecule has 1 N–H and O–H groups in total. The minimum Gasteiger partial charge on any atom is -0.488 e. The SMILES string of the molecule is Cc1cccc(COc2ccccc2/C=C2\SC(=NC(=O)c3ccc(Cl)cc3)NC2=O)c1. The van der Waals surface area contributed by atoms with E-state index in [0.717, 1.165) is 22.9 Å². The molecule has 2 amide bonds. The Morgan fingerprint density at radius 1 is 1.09 bits per heavy atom. The summed E-state index contributed by atoms with van der Waals surface area (Å²) in [6.45, 7) is 2.46. The van der Waals surface area contributed by atoms with Crippen molar-refractivity contribution in [3.63, 3.8) is 0 Å². The van der Waals surface area contributed by atoms with Crippen LogP contribution in [0.2, 0.25) is 5.02 Å². The Morgan fingerprint density at radius 2 is 1.88 bits per heavy atom. The van der Waals surface area contributed by atoms with Gasteiger partial charge in [0.15, 0.2) is 5.17 Å². The zero-order valence-electron chi connectivity index (χ0n) is 17.2. The van der Waals surface area contributed by atoms with Crippen LogP contribution in [-0.4, -0.2) is 17.0 Å². The molecule has 7 heteroatoms. The van der Waals surface area contributed by atoms with Gasteiger partial charge in [0.1, 0.15) is 12.4 Å². The van der Waals surface area contributed by atoms with Gasteiger partial charge in [-0.1, -0.05) is 59.6 Å². The molecule has 5 nitrogen and oxygen atoms in total. The zero-order valence-corrected chi connectivity index (χ0v) is 18.7. The number of para-hydroxylation sites is 1. The van der Waals surface area contributed by atoms with Crippen molar-refractivity contribution >= 4 is 46.4 Å². The van der Waals surface area contributed by atoms with Crippen molar-refractivity contribution in [2.45, 2.75) is 13.5 Å². The van der Waals surface area contributed by atoms with Gasteiger partial charge in [0.05, 0.1) is 4.91 Å². The molecule has 0 unspecified atom stereocenters. The number of carbonyl (C=O) groups excluding carboxylic acids is 2. The van der Waals surface area contributed by atoms with Crippen LogP contribution < -0.4 is 10.1 Å². The fourth-order valence-electron chi connectivity index (χ4n) is 3.07. The molecule has 4 rings (SSSR count). The van der Waals surface area contributed by atoms with Gasteiger partial charge in [0, 0.05) is 16.1 Å². The molecular weight excluding hydrogens is 444 g/mol. The van der Waals surface area contributed by atoms with E-state index in [9.17, 15) is 9.59 Å². The number of amidine groups is 1. The third-order valence-electron chi connectivity index (χ3n) is 4.63. The van der Waals surface area contributed by atoms with Crippen molar-refractivity contribution in [1.82, 2.24) is 5.32 Å². The van der Waals surface area contributed by atoms with Crippen LogP contribution in [0.5, 0.6) is 5.75 Å². The van der Waals surface area contributed by atoms with Crippen LogP contribution in [0, 0.1) is 6.92 Å². The molecule has 32 heavy (non-hydrogen) atoms. The molecule has 0 bridgehead atoms. The van der Waals surface area contributed by atoms with E-state index in [1.165, 1.54) is 5.56 Å². The maximum absolute atomic E-state index is 12.4. The highest BCUT2D eigenvalue weighted by Crippen LogP contribution is 2.30. The summed E-state index contributed by atoms with van der Waals surface area (Å²) in [5, 5.41) is 3.41. The number of benzene rings is 3. The predicted molar refractivity (Wildman–Crippen MR) is 129 cm³/mol. The smallest absolute Gasteiger partial charge is 0.279 e. The van der Waals surface area contributed by atoms with Crippen molar-refractivity contribution < 1.29 is 14.3 Å². The minimum absolute atomic E-state index is 0.236. The van der Waals surface area contributed by atoms with Gasteiger partial charge in [-0.25, -0.2) is 0 Å². The maximum Gasteiger partial charge on any atom is 0.279 e. The second-order valence-electron chi connectivity index (χ2n) is 7.11. The van der Waals surface area contributed by atoms with Gasteiger partial charge in [-0.2, -0.15) is 4.99 Å². The van der Waals surface area contributed by atoms with E-state index in [2.05, 4.69) is 16.4 Å². The highest BCUT2D eigenvalue weighted by molar-refractivity contribution is 8.18. The van der Waals surface area contributed by atoms with Crippen molar-refractivity contribution in [2.75, 3.05) is 0 Å². The summed E-state index contributed by atoms with van der Waals surface area (Å²) in [4.78, 5) is 29.2. The number of nitrogens with zero attached hydrogens (tertiary/aromatic N) is 1. The van der Waals surface area contributed by atoms with Crippen LogP contribution in [0.4, 0.5) is 0 Å². The van der Waals surface area contributed by atoms with E-state index in [1.54, 1.807) is 30.3 Å². The third-order valence-corrected chi connectivity index (χ3v) is 5.79. The van der Waals surface area contributed by atoms with E-state index in [-0.39, 0.29) is 11.1 Å². The third kappa shape index (κ3) is 5.46. The van der Waals surface area contributed by atoms with Crippen molar-refractivity contribution in [3.05, 3.63) is 105 Å². The topological polar surface area (TPSA) is 67.8 Å². The first-order chi connectivity index (χ1) is 15.5. The molecule has 1 saturated heterocycles. The summed E-state index contributed by atoms with van der Waals surface area (Å²) in [7, 11) is 0. The Hall–Kier alpha value is -3.35. The van der Waals surface area contributed by atoms with E-state index in [4.69, 9.17) is 16.3 Å². The fourth-order valence-corrected chi connectivity index (χ4v) is 4.00. The fraction of sp³-hybridized carbons (Fsp3) is 0.0800. The summed E-state index contributed by atoms with van der Waals surface area (Å²) < 4.78 is 6.00. The molecule has 1 fully saturated rings. The number of nitrogens with one attached hydrogen (secondary N) is 1. The molecule has 0 spiro atoms. The Bertz CT molecular complexity index is 1240. The average molecular weight is 463 g/mol. The summed E-state index contributed by atoms with van der Waals surface area (Å²) in [6.07, 6.45) is 1.74. The second kappa shape index (κ2) is 9.85. The lowest BCUT2D eigenvalue weighted by atomic mass is 10.1. The molecule has 1 heterocycles. The van der Waals surface area contributed by atoms with Crippen molar-refractivity contribution in [1.29, 1.82) is 0 Å². The Kier molecular flexibility index (Phi) is 6.73. The first-order valence-electron chi connectivity index (χ1n) is 9.85. The van der Waals surface area contributed by atoms with E-state index < -0.39 is 5.91 Å². The van der Waals surface area contributed by atoms with E-state index in [1.807, 2.05) is 49.4 Å². The molecule has 3 aromatic rings. The normalized spacial score (nSPS) is 15.8. The molecule has 0 atom stereocenters. The van der Waals surface area contributed by atoms with E-state index >= 15 is 0 Å². The van der Waals surface area contributed by atoms with Crippen LogP contribution in [-0.2, 0) is 11.4 Å². The molecule has 0 radical (unpaired) electrons. The number of ether oxygens (including phenoxy) is 1. The lowest BCUT2D eigenvalue weighted by molar-refractivity contribution is -0.115. The minimum atomic E-state index is -0.451. The summed E-state index contributed by atoms with van der Waals surface area (Å²) in [5.74, 6) is -0.101. The molecule has 1 aliphatic heterocycles. The number of aryl methyl sites for hydroxylation is 1. The van der Waals surface area contributed by atoms with Gasteiger partial charge < -0.3 is 10.1 Å². The number of aliphatic imine (C=N–C) groups is 1. The molecule has 0 aromatic heterocycles. The van der Waals surface area contributed by atoms with Crippen LogP contribution in [0.25, 0.3) is 6.08 Å². The first kappa shape index (κ1) is 21.9. The molecule has 1 aliphatic rings. The number of carbonyl (C=O) groups is 2. The molecule has 0 saturated carbocycles. The molecular formula is C25H19ClN2O3S. The van der Waals surface area contributed by atoms with Gasteiger partial charge in [0.25, 0.3) is 11.8 Å². The molecule has 3 aromatic carbocycles. The number of amides is 2. The van der Waals surface area contributed by atoms with Crippen molar-refractivity contribution in [2.24, 2.45) is 4.99 Å². The summed E-state index contributed by atoms with van der Waals surface area (Å²) >= 11 is 6.97. The second-order valence-corrected chi connectivity index (χ2v) is 8.58. The van der Waals surface area contributed by atoms with Gasteiger partial charge >= 0.3 is 0 Å². The number of hydrogen-bond acceptors (Lipinski definition) is 4. The van der Waals surface area contributed by atoms with Gasteiger partial charge in [-0.3, -0.25) is 9.59 Å². The van der Waals surface area contributed by atoms with Crippen LogP contribution in [0.3, 0.4) is 0 Å². The summed E-state index contributed by atoms with van der Waals surface area (Å²) in [5.41, 5.74) is 3.39. The van der Waals surface area contributed by atoms with Crippen LogP contribution in [0.1, 0.15) is 27.0 Å². The number of rotatable bonds is 5. The Labute approximate surface area is 195 Å². The molecule has 160 valence electrons. The van der Waals surface area contributed by atoms with Gasteiger partial charge in [-0.05, 0) is 60.7 Å². The van der Waals surface area contributed by atoms with E-state index in [0.29, 0.717) is 27.8 Å². The lowest BCUT2D eigenvalue weighted by Gasteiger charge is -2.10. The van der Waals surface area contributed by atoms with Gasteiger partial charge in [0.2, 0.25) is 0 Å². The lowest BCUT2D eigenvalue weighted by Crippen LogP contribution is -2.20. The molecule has 0 aliphatic carbocycles. The maximum atomic E-state index is 12.4. The first-order valence-corrected chi connectivity index (χ1v) is 11.0. The highest BCUT2D eigenvalue weighted by atomic mass is 35.5. The highest BCUT2D eigenvalue weighted by Gasteiger charge is 2.25. The standard InChI is InChI=1S/C25H19ClN2O3S/c1-16-5-4-6-17(13-16)15-31-21-8-3-2-7-19(21)14-22-24(30)28-25(32-22)27-23(29)18-9-11-20(26)12-10-18/h2-14H,15H2,1H3,(H,27,28,29,30)/b22-14-. The number of thioether (sulfide) groups is 1. The van der Waals surface area contributed by atoms with Crippen LogP contribution in [0.15, 0.2) is 82.7 Å². The average Bonchev–Trinajstić information content (AvgIpc) is 3.12. The number of halogens is 1. The monoisotopic (exact) mass is 462 g/mol. The van der Waals surface area contributed by atoms with Crippen molar-refractivity contribution in [3.8, 4) is 5.75 Å². The largest absolute Gasteiger partial charge is 0.488 e. The Morgan fingerprint density at radius 3 is 2.66 bits per heavy atom. The predicted octanol–water partition coefficient (Wildman–Crippen LogP) is 5.63. The Balaban J connectivity index is 1.50. The zero-order chi connectivity index (χ0) is 22.5. The van der Waals surface area contributed by atoms with Crippen LogP contribution >= 0.6 is 23.4 Å². The number of hydrogen-bond donors (Lipinski definition) is 1.